The van der Waals surface area contributed by atoms with Crippen LogP contribution in [0.1, 0.15) is 12.5 Å². The first-order valence-electron chi connectivity index (χ1n) is 5.95. The van der Waals surface area contributed by atoms with Crippen LogP contribution < -0.4 is 10.6 Å². The molecule has 2 atom stereocenters. The highest BCUT2D eigenvalue weighted by atomic mass is 16.6. The van der Waals surface area contributed by atoms with Gasteiger partial charge in [0, 0.05) is 17.3 Å². The van der Waals surface area contributed by atoms with Gasteiger partial charge in [-0.05, 0) is 19.9 Å². The molecule has 4 N–H and O–H groups in total. The van der Waals surface area contributed by atoms with E-state index in [1.807, 2.05) is 0 Å². The van der Waals surface area contributed by atoms with E-state index in [9.17, 15) is 24.8 Å². The lowest BCUT2D eigenvalue weighted by atomic mass is 10.2. The van der Waals surface area contributed by atoms with Crippen LogP contribution in [0.25, 0.3) is 0 Å². The van der Waals surface area contributed by atoms with Crippen molar-refractivity contribution in [2.75, 3.05) is 5.32 Å². The summed E-state index contributed by atoms with van der Waals surface area (Å²) in [4.78, 5) is 32.7. The zero-order valence-electron chi connectivity index (χ0n) is 11.4. The van der Waals surface area contributed by atoms with Crippen molar-refractivity contribution in [2.24, 2.45) is 0 Å². The van der Waals surface area contributed by atoms with Crippen LogP contribution in [0.4, 0.5) is 16.2 Å². The lowest BCUT2D eigenvalue weighted by Gasteiger charge is -2.17. The van der Waals surface area contributed by atoms with E-state index >= 15 is 0 Å². The number of carbonyl (C=O) groups is 2. The monoisotopic (exact) mass is 297 g/mol. The molecule has 114 valence electrons. The molecule has 0 bridgehead atoms. The molecular formula is C12H15N3O6. The number of aliphatic hydroxyl groups excluding tert-OH is 1. The summed E-state index contributed by atoms with van der Waals surface area (Å²) in [6, 6.07) is 1.69. The van der Waals surface area contributed by atoms with Crippen LogP contribution in [-0.2, 0) is 4.79 Å². The number of aryl methyl sites for hydroxylation is 1. The van der Waals surface area contributed by atoms with Gasteiger partial charge in [0.1, 0.15) is 0 Å². The topological polar surface area (TPSA) is 142 Å². The van der Waals surface area contributed by atoms with Gasteiger partial charge in [0.15, 0.2) is 6.04 Å². The number of carbonyl (C=O) groups excluding carboxylic acids is 1. The fraction of sp³-hybridized carbons (Fsp3) is 0.333. The maximum Gasteiger partial charge on any atom is 0.328 e. The van der Waals surface area contributed by atoms with E-state index in [1.54, 1.807) is 6.92 Å². The lowest BCUT2D eigenvalue weighted by Crippen LogP contribution is -2.49. The highest BCUT2D eigenvalue weighted by Gasteiger charge is 2.25. The second kappa shape index (κ2) is 6.66. The Morgan fingerprint density at radius 3 is 2.48 bits per heavy atom. The average molecular weight is 297 g/mol. The number of urea groups is 1. The van der Waals surface area contributed by atoms with Crippen molar-refractivity contribution < 1.29 is 24.7 Å². The highest BCUT2D eigenvalue weighted by Crippen LogP contribution is 2.22. The van der Waals surface area contributed by atoms with Gasteiger partial charge in [-0.25, -0.2) is 9.59 Å². The Hall–Kier alpha value is -2.68. The molecule has 0 aromatic heterocycles. The summed E-state index contributed by atoms with van der Waals surface area (Å²) in [5, 5.41) is 33.2. The Morgan fingerprint density at radius 1 is 1.38 bits per heavy atom. The predicted octanol–water partition coefficient (Wildman–Crippen LogP) is 0.859. The van der Waals surface area contributed by atoms with Gasteiger partial charge in [0.05, 0.1) is 11.0 Å². The molecule has 0 saturated carbocycles. The van der Waals surface area contributed by atoms with Crippen molar-refractivity contribution in [2.45, 2.75) is 26.0 Å². The van der Waals surface area contributed by atoms with Gasteiger partial charge in [0.2, 0.25) is 0 Å². The van der Waals surface area contributed by atoms with Crippen LogP contribution in [0.15, 0.2) is 18.2 Å². The first-order valence-corrected chi connectivity index (χ1v) is 5.95. The van der Waals surface area contributed by atoms with Crippen LogP contribution in [0, 0.1) is 17.0 Å². The Labute approximate surface area is 119 Å². The molecule has 2 amide bonds. The van der Waals surface area contributed by atoms with E-state index in [2.05, 4.69) is 10.6 Å². The Balaban J connectivity index is 2.82. The third kappa shape index (κ3) is 4.42. The van der Waals surface area contributed by atoms with Crippen molar-refractivity contribution in [3.8, 4) is 0 Å². The summed E-state index contributed by atoms with van der Waals surface area (Å²) in [6.07, 6.45) is -1.29. The summed E-state index contributed by atoms with van der Waals surface area (Å²) in [5.41, 5.74) is 0.399. The number of carboxylic acid groups (broad SMARTS) is 1. The number of aliphatic hydroxyl groups is 1. The van der Waals surface area contributed by atoms with Crippen molar-refractivity contribution >= 4 is 23.4 Å². The zero-order valence-corrected chi connectivity index (χ0v) is 11.4. The minimum Gasteiger partial charge on any atom is -0.480 e. The van der Waals surface area contributed by atoms with Crippen molar-refractivity contribution in [3.63, 3.8) is 0 Å². The number of nitro benzene ring substituents is 1. The summed E-state index contributed by atoms with van der Waals surface area (Å²) in [5.74, 6) is -1.39. The van der Waals surface area contributed by atoms with Gasteiger partial charge in [-0.2, -0.15) is 0 Å². The van der Waals surface area contributed by atoms with Crippen molar-refractivity contribution in [1.82, 2.24) is 5.32 Å². The molecule has 9 nitrogen and oxygen atoms in total. The molecule has 2 unspecified atom stereocenters. The lowest BCUT2D eigenvalue weighted by molar-refractivity contribution is -0.385. The van der Waals surface area contributed by atoms with E-state index < -0.39 is 29.1 Å². The number of benzene rings is 1. The SMILES string of the molecule is Cc1ccc(NC(=O)NC(C(=O)O)C(C)O)cc1[N+](=O)[O-]. The van der Waals surface area contributed by atoms with Crippen molar-refractivity contribution in [3.05, 3.63) is 33.9 Å². The number of anilines is 1. The standard InChI is InChI=1S/C12H15N3O6/c1-6-3-4-8(5-9(6)15(20)21)13-12(19)14-10(7(2)16)11(17)18/h3-5,7,10,16H,1-2H3,(H,17,18)(H2,13,14,19). The number of nitrogens with one attached hydrogen (secondary N) is 2. The Morgan fingerprint density at radius 2 is 2.00 bits per heavy atom. The number of nitro groups is 1. The van der Waals surface area contributed by atoms with Crippen LogP contribution >= 0.6 is 0 Å². The molecule has 1 aromatic carbocycles. The molecular weight excluding hydrogens is 282 g/mol. The summed E-state index contributed by atoms with van der Waals surface area (Å²) in [6.45, 7) is 2.77. The summed E-state index contributed by atoms with van der Waals surface area (Å²) in [7, 11) is 0. The first-order chi connectivity index (χ1) is 9.72. The Bertz CT molecular complexity index is 572. The van der Waals surface area contributed by atoms with Gasteiger partial charge in [-0.15, -0.1) is 0 Å². The van der Waals surface area contributed by atoms with E-state index in [0.717, 1.165) is 6.07 Å². The molecule has 0 aliphatic carbocycles. The maximum absolute atomic E-state index is 11.6. The summed E-state index contributed by atoms with van der Waals surface area (Å²) >= 11 is 0. The smallest absolute Gasteiger partial charge is 0.328 e. The molecule has 0 radical (unpaired) electrons. The minimum atomic E-state index is -1.48. The van der Waals surface area contributed by atoms with Crippen LogP contribution in [0.2, 0.25) is 0 Å². The highest BCUT2D eigenvalue weighted by molar-refractivity contribution is 5.92. The number of nitrogens with zero attached hydrogens (tertiary/aromatic N) is 1. The van der Waals surface area contributed by atoms with Gasteiger partial charge in [-0.1, -0.05) is 6.07 Å². The van der Waals surface area contributed by atoms with E-state index in [-0.39, 0.29) is 11.4 Å². The van der Waals surface area contributed by atoms with E-state index in [4.69, 9.17) is 5.11 Å². The fourth-order valence-corrected chi connectivity index (χ4v) is 1.58. The normalized spacial score (nSPS) is 13.1. The number of hydrogen-bond acceptors (Lipinski definition) is 5. The van der Waals surface area contributed by atoms with Crippen LogP contribution in [0.5, 0.6) is 0 Å². The molecule has 21 heavy (non-hydrogen) atoms. The maximum atomic E-state index is 11.6. The third-order valence-corrected chi connectivity index (χ3v) is 2.70. The quantitative estimate of drug-likeness (QED) is 0.469. The van der Waals surface area contributed by atoms with Gasteiger partial charge >= 0.3 is 12.0 Å². The molecule has 0 fully saturated rings. The molecule has 0 aliphatic rings. The summed E-state index contributed by atoms with van der Waals surface area (Å²) < 4.78 is 0. The van der Waals surface area contributed by atoms with Crippen LogP contribution in [0.3, 0.4) is 0 Å². The number of aliphatic carboxylic acids is 1. The molecule has 1 rings (SSSR count). The van der Waals surface area contributed by atoms with Crippen molar-refractivity contribution in [1.29, 1.82) is 0 Å². The van der Waals surface area contributed by atoms with Gasteiger partial charge in [0.25, 0.3) is 5.69 Å². The number of hydrogen-bond donors (Lipinski definition) is 4. The van der Waals surface area contributed by atoms with E-state index in [0.29, 0.717) is 5.56 Å². The molecule has 9 heteroatoms. The molecule has 0 saturated heterocycles. The predicted molar refractivity (Wildman–Crippen MR) is 73.1 cm³/mol. The molecule has 0 spiro atoms. The number of rotatable bonds is 5. The number of amides is 2. The van der Waals surface area contributed by atoms with Gasteiger partial charge in [-0.3, -0.25) is 10.1 Å². The molecule has 0 heterocycles. The minimum absolute atomic E-state index is 0.138. The van der Waals surface area contributed by atoms with Gasteiger partial charge < -0.3 is 20.8 Å². The second-order valence-electron chi connectivity index (χ2n) is 4.41. The Kier molecular flexibility index (Phi) is 5.19. The largest absolute Gasteiger partial charge is 0.480 e. The molecule has 0 aliphatic heterocycles. The van der Waals surface area contributed by atoms with Crippen LogP contribution in [-0.4, -0.2) is 39.3 Å². The first kappa shape index (κ1) is 16.4. The fourth-order valence-electron chi connectivity index (χ4n) is 1.58. The second-order valence-corrected chi connectivity index (χ2v) is 4.41. The third-order valence-electron chi connectivity index (χ3n) is 2.70. The zero-order chi connectivity index (χ0) is 16.2. The van der Waals surface area contributed by atoms with E-state index in [1.165, 1.54) is 19.1 Å². The average Bonchev–Trinajstić information content (AvgIpc) is 2.37. The number of carboxylic acids is 1. The molecule has 1 aromatic rings.